The highest BCUT2D eigenvalue weighted by Gasteiger charge is 2.35. The molecule has 0 saturated heterocycles. The summed E-state index contributed by atoms with van der Waals surface area (Å²) in [4.78, 5) is 48.5. The summed E-state index contributed by atoms with van der Waals surface area (Å²) in [6, 6.07) is 1.08. The molecule has 0 bridgehead atoms. The topological polar surface area (TPSA) is 105 Å². The van der Waals surface area contributed by atoms with E-state index in [0.717, 1.165) is 12.5 Å². The van der Waals surface area contributed by atoms with Gasteiger partial charge in [0.25, 0.3) is 0 Å². The fourth-order valence-corrected chi connectivity index (χ4v) is 4.38. The van der Waals surface area contributed by atoms with Gasteiger partial charge in [0, 0.05) is 8.07 Å². The lowest BCUT2D eigenvalue weighted by molar-refractivity contribution is -0.176. The highest BCUT2D eigenvalue weighted by Crippen LogP contribution is 2.23. The minimum absolute atomic E-state index is 0.212. The second-order valence-electron chi connectivity index (χ2n) is 15.2. The molecule has 0 unspecified atom stereocenters. The second kappa shape index (κ2) is 15.7. The van der Waals surface area contributed by atoms with Crippen LogP contribution in [0.1, 0.15) is 102 Å². The van der Waals surface area contributed by atoms with Gasteiger partial charge in [-0.25, -0.2) is 0 Å². The van der Waals surface area contributed by atoms with Gasteiger partial charge in [0.05, 0.1) is 0 Å². The quantitative estimate of drug-likeness (QED) is 0.0865. The molecule has 0 aliphatic heterocycles. The van der Waals surface area contributed by atoms with E-state index < -0.39 is 66.2 Å². The molecule has 40 heavy (non-hydrogen) atoms. The molecule has 9 heteroatoms. The van der Waals surface area contributed by atoms with E-state index in [9.17, 15) is 19.2 Å². The number of carbonyl (C=O) groups is 4. The van der Waals surface area contributed by atoms with Gasteiger partial charge < -0.3 is 18.9 Å². The predicted octanol–water partition coefficient (Wildman–Crippen LogP) is 7.27. The predicted molar refractivity (Wildman–Crippen MR) is 163 cm³/mol. The zero-order valence-electron chi connectivity index (χ0n) is 28.0. The molecule has 0 heterocycles. The van der Waals surface area contributed by atoms with E-state index in [0.29, 0.717) is 6.42 Å². The number of esters is 4. The number of ether oxygens (including phenoxy) is 4. The Balaban J connectivity index is 0. The zero-order chi connectivity index (χ0) is 32.3. The van der Waals surface area contributed by atoms with Crippen molar-refractivity contribution in [3.63, 3.8) is 0 Å². The minimum Gasteiger partial charge on any atom is -0.459 e. The van der Waals surface area contributed by atoms with E-state index in [-0.39, 0.29) is 6.42 Å². The number of carbonyl (C=O) groups excluding carboxylic acids is 4. The number of hydrogen-bond acceptors (Lipinski definition) is 8. The van der Waals surface area contributed by atoms with Gasteiger partial charge in [0.2, 0.25) is 0 Å². The van der Waals surface area contributed by atoms with Gasteiger partial charge in [-0.3, -0.25) is 19.2 Å². The Labute approximate surface area is 244 Å². The van der Waals surface area contributed by atoms with Crippen molar-refractivity contribution in [2.24, 2.45) is 11.8 Å². The first-order valence-corrected chi connectivity index (χ1v) is 17.8. The van der Waals surface area contributed by atoms with Gasteiger partial charge >= 0.3 is 23.9 Å². The molecular formula is C31H58O8Si. The molecule has 0 aromatic carbocycles. The maximum atomic E-state index is 12.3. The Bertz CT molecular complexity index is 787. The Morgan fingerprint density at radius 3 is 1.10 bits per heavy atom. The van der Waals surface area contributed by atoms with Gasteiger partial charge in [-0.15, -0.1) is 6.58 Å². The summed E-state index contributed by atoms with van der Waals surface area (Å²) in [6.45, 7) is 31.7. The van der Waals surface area contributed by atoms with Crippen LogP contribution in [-0.2, 0) is 38.1 Å². The number of rotatable bonds is 10. The summed E-state index contributed by atoms with van der Waals surface area (Å²) in [5.74, 6) is -3.86. The van der Waals surface area contributed by atoms with Crippen LogP contribution in [0.2, 0.25) is 25.7 Å². The van der Waals surface area contributed by atoms with Crippen molar-refractivity contribution in [2.75, 3.05) is 0 Å². The van der Waals surface area contributed by atoms with Gasteiger partial charge in [-0.2, -0.15) is 0 Å². The fourth-order valence-electron chi connectivity index (χ4n) is 3.12. The average molecular weight is 587 g/mol. The number of allylic oxidation sites excluding steroid dienone is 1. The van der Waals surface area contributed by atoms with Crippen molar-refractivity contribution in [3.8, 4) is 0 Å². The van der Waals surface area contributed by atoms with Crippen LogP contribution in [0.4, 0.5) is 0 Å². The second-order valence-corrected chi connectivity index (χ2v) is 20.8. The molecule has 0 aliphatic rings. The lowest BCUT2D eigenvalue weighted by Gasteiger charge is -2.26. The molecule has 0 aromatic heterocycles. The molecule has 234 valence electrons. The first-order valence-electron chi connectivity index (χ1n) is 14.1. The van der Waals surface area contributed by atoms with E-state index >= 15 is 0 Å². The molecule has 0 spiro atoms. The summed E-state index contributed by atoms with van der Waals surface area (Å²) in [7, 11) is -1.19. The van der Waals surface area contributed by atoms with E-state index in [1.807, 2.05) is 0 Å². The van der Waals surface area contributed by atoms with E-state index in [1.165, 1.54) is 6.08 Å². The summed E-state index contributed by atoms with van der Waals surface area (Å²) in [5, 5.41) is 0. The zero-order valence-corrected chi connectivity index (χ0v) is 29.0. The third kappa shape index (κ3) is 22.6. The van der Waals surface area contributed by atoms with Gasteiger partial charge in [0.1, 0.15) is 22.4 Å². The van der Waals surface area contributed by atoms with Crippen LogP contribution in [0.5, 0.6) is 0 Å². The molecule has 0 saturated carbocycles. The Kier molecular flexibility index (Phi) is 15.7. The highest BCUT2D eigenvalue weighted by molar-refractivity contribution is 6.76. The largest absolute Gasteiger partial charge is 0.459 e. The van der Waals surface area contributed by atoms with Crippen molar-refractivity contribution in [2.45, 2.75) is 150 Å². The molecule has 0 fully saturated rings. The fraction of sp³-hybridized carbons (Fsp3) is 0.806. The van der Waals surface area contributed by atoms with Crippen LogP contribution in [0.25, 0.3) is 0 Å². The van der Waals surface area contributed by atoms with Gasteiger partial charge in [-0.1, -0.05) is 38.2 Å². The lowest BCUT2D eigenvalue weighted by atomic mass is 10.0. The van der Waals surface area contributed by atoms with Crippen molar-refractivity contribution >= 4 is 32.0 Å². The molecule has 0 amide bonds. The number of hydrogen-bond donors (Lipinski definition) is 0. The van der Waals surface area contributed by atoms with Crippen LogP contribution in [0.15, 0.2) is 12.7 Å². The summed E-state index contributed by atoms with van der Waals surface area (Å²) >= 11 is 0. The summed E-state index contributed by atoms with van der Waals surface area (Å²) in [6.07, 6.45) is 3.06. The Morgan fingerprint density at radius 1 is 0.600 bits per heavy atom. The summed E-state index contributed by atoms with van der Waals surface area (Å²) in [5.41, 5.74) is -2.46. The normalized spacial score (nSPS) is 12.7. The standard InChI is InChI=1S/C17H34O4Si.C14H24O4/c1-16(2,3)20-14(18)13(11-10-12-22(7,8)9)15(19)21-17(4,5)6;1-8-9-10(11(15)17-13(2,3)4)12(16)18-14(5,6)7/h13H,10-12H2,1-9H3;8,10H,1,9H2,2-7H3. The Hall–Kier alpha value is -2.16. The van der Waals surface area contributed by atoms with Gasteiger partial charge in [0.15, 0.2) is 11.8 Å². The molecular weight excluding hydrogens is 528 g/mol. The smallest absolute Gasteiger partial charge is 0.321 e. The van der Waals surface area contributed by atoms with Gasteiger partial charge in [-0.05, 0) is 95.9 Å². The van der Waals surface area contributed by atoms with E-state index in [2.05, 4.69) is 26.2 Å². The van der Waals surface area contributed by atoms with Crippen LogP contribution in [-0.4, -0.2) is 54.4 Å². The van der Waals surface area contributed by atoms with Crippen molar-refractivity contribution in [1.29, 1.82) is 0 Å². The summed E-state index contributed by atoms with van der Waals surface area (Å²) < 4.78 is 21.2. The van der Waals surface area contributed by atoms with E-state index in [1.54, 1.807) is 83.1 Å². The molecule has 0 aromatic rings. The molecule has 0 aliphatic carbocycles. The van der Waals surface area contributed by atoms with Crippen molar-refractivity contribution in [3.05, 3.63) is 12.7 Å². The first-order chi connectivity index (χ1) is 17.6. The van der Waals surface area contributed by atoms with Crippen LogP contribution < -0.4 is 0 Å². The minimum atomic E-state index is -1.19. The van der Waals surface area contributed by atoms with Crippen LogP contribution in [0, 0.1) is 11.8 Å². The third-order valence-electron chi connectivity index (χ3n) is 4.59. The molecule has 8 nitrogen and oxygen atoms in total. The van der Waals surface area contributed by atoms with Crippen molar-refractivity contribution < 1.29 is 38.1 Å². The Morgan fingerprint density at radius 2 is 0.875 bits per heavy atom. The first kappa shape index (κ1) is 40.0. The SMILES string of the molecule is C=CCC(C(=O)OC(C)(C)C)C(=O)OC(C)(C)C.CC(C)(C)OC(=O)C(CCC[Si](C)(C)C)C(=O)OC(C)(C)C. The maximum absolute atomic E-state index is 12.3. The van der Waals surface area contributed by atoms with Crippen molar-refractivity contribution in [1.82, 2.24) is 0 Å². The average Bonchev–Trinajstić information content (AvgIpc) is 2.63. The molecule has 0 atom stereocenters. The third-order valence-corrected chi connectivity index (χ3v) is 6.44. The van der Waals surface area contributed by atoms with Crippen LogP contribution >= 0.6 is 0 Å². The highest BCUT2D eigenvalue weighted by atomic mass is 28.3. The maximum Gasteiger partial charge on any atom is 0.321 e. The monoisotopic (exact) mass is 586 g/mol. The van der Waals surface area contributed by atoms with Crippen LogP contribution in [0.3, 0.4) is 0 Å². The molecule has 0 rings (SSSR count). The molecule has 0 radical (unpaired) electrons. The molecule has 0 N–H and O–H groups in total. The van der Waals surface area contributed by atoms with E-state index in [4.69, 9.17) is 18.9 Å². The lowest BCUT2D eigenvalue weighted by Crippen LogP contribution is -2.37.